The molecular formula is C12H21N3O3. The van der Waals surface area contributed by atoms with Crippen LogP contribution in [0.5, 0.6) is 0 Å². The average molecular weight is 255 g/mol. The fraction of sp³-hybridized carbons (Fsp3) is 0.833. The van der Waals surface area contributed by atoms with E-state index in [1.165, 1.54) is 19.8 Å². The summed E-state index contributed by atoms with van der Waals surface area (Å²) < 4.78 is 0. The predicted molar refractivity (Wildman–Crippen MR) is 66.2 cm³/mol. The molecule has 6 heteroatoms. The van der Waals surface area contributed by atoms with E-state index in [2.05, 4.69) is 15.5 Å². The summed E-state index contributed by atoms with van der Waals surface area (Å²) >= 11 is 0. The number of hydrogen-bond acceptors (Lipinski definition) is 4. The minimum atomic E-state index is -0.987. The van der Waals surface area contributed by atoms with Gasteiger partial charge in [0.15, 0.2) is 0 Å². The van der Waals surface area contributed by atoms with Crippen LogP contribution in [-0.4, -0.2) is 59.6 Å². The van der Waals surface area contributed by atoms with E-state index < -0.39 is 12.0 Å². The topological polar surface area (TPSA) is 81.7 Å². The monoisotopic (exact) mass is 255 g/mol. The van der Waals surface area contributed by atoms with Gasteiger partial charge in [-0.15, -0.1) is 0 Å². The number of rotatable bonds is 5. The standard InChI is InChI=1S/C12H21N3O3/c1-8(16)14-10(12(17)18)7-13-9-4-6-15-5-2-3-11(9)15/h9-11,13H,2-7H2,1H3,(H,14,16)(H,17,18). The summed E-state index contributed by atoms with van der Waals surface area (Å²) in [5, 5.41) is 14.8. The maximum atomic E-state index is 11.0. The van der Waals surface area contributed by atoms with Crippen molar-refractivity contribution in [2.45, 2.75) is 44.3 Å². The molecule has 2 aliphatic rings. The SMILES string of the molecule is CC(=O)NC(CNC1CCN2CCCC12)C(=O)O. The first-order chi connectivity index (χ1) is 8.58. The zero-order chi connectivity index (χ0) is 13.1. The number of carboxylic acid groups (broad SMARTS) is 1. The minimum Gasteiger partial charge on any atom is -0.480 e. The summed E-state index contributed by atoms with van der Waals surface area (Å²) in [6, 6.07) is 0.0813. The number of nitrogens with one attached hydrogen (secondary N) is 2. The zero-order valence-electron chi connectivity index (χ0n) is 10.7. The van der Waals surface area contributed by atoms with Crippen LogP contribution in [0.2, 0.25) is 0 Å². The van der Waals surface area contributed by atoms with E-state index in [0.29, 0.717) is 18.6 Å². The van der Waals surface area contributed by atoms with Crippen molar-refractivity contribution in [2.75, 3.05) is 19.6 Å². The summed E-state index contributed by atoms with van der Waals surface area (Å²) in [5.74, 6) is -1.29. The molecule has 1 amide bonds. The van der Waals surface area contributed by atoms with Gasteiger partial charge in [0, 0.05) is 32.1 Å². The molecule has 6 nitrogen and oxygen atoms in total. The molecule has 2 saturated heterocycles. The Hall–Kier alpha value is -1.14. The maximum Gasteiger partial charge on any atom is 0.327 e. The molecule has 3 N–H and O–H groups in total. The van der Waals surface area contributed by atoms with E-state index in [1.807, 2.05) is 0 Å². The Bertz CT molecular complexity index is 335. The Labute approximate surface area is 107 Å². The van der Waals surface area contributed by atoms with Gasteiger partial charge in [-0.2, -0.15) is 0 Å². The first kappa shape index (κ1) is 13.3. The highest BCUT2D eigenvalue weighted by molar-refractivity contribution is 5.82. The Morgan fingerprint density at radius 3 is 2.83 bits per heavy atom. The summed E-state index contributed by atoms with van der Waals surface area (Å²) in [5.41, 5.74) is 0. The van der Waals surface area contributed by atoms with Gasteiger partial charge in [-0.05, 0) is 25.8 Å². The molecule has 3 atom stereocenters. The second kappa shape index (κ2) is 5.67. The molecule has 2 rings (SSSR count). The molecule has 0 aromatic carbocycles. The van der Waals surface area contributed by atoms with Crippen LogP contribution in [0.1, 0.15) is 26.2 Å². The average Bonchev–Trinajstić information content (AvgIpc) is 2.86. The van der Waals surface area contributed by atoms with E-state index in [9.17, 15) is 9.59 Å². The Morgan fingerprint density at radius 1 is 1.39 bits per heavy atom. The molecule has 102 valence electrons. The molecular weight excluding hydrogens is 234 g/mol. The van der Waals surface area contributed by atoms with Crippen molar-refractivity contribution in [3.8, 4) is 0 Å². The Balaban J connectivity index is 1.82. The predicted octanol–water partition coefficient (Wildman–Crippen LogP) is -0.598. The number of aliphatic carboxylic acids is 1. The van der Waals surface area contributed by atoms with Crippen LogP contribution in [0.25, 0.3) is 0 Å². The second-order valence-electron chi connectivity index (χ2n) is 5.14. The number of carbonyl (C=O) groups is 2. The molecule has 18 heavy (non-hydrogen) atoms. The highest BCUT2D eigenvalue weighted by atomic mass is 16.4. The van der Waals surface area contributed by atoms with Crippen molar-refractivity contribution >= 4 is 11.9 Å². The normalized spacial score (nSPS) is 28.9. The lowest BCUT2D eigenvalue weighted by Crippen LogP contribution is -2.50. The van der Waals surface area contributed by atoms with Gasteiger partial charge in [0.2, 0.25) is 5.91 Å². The largest absolute Gasteiger partial charge is 0.480 e. The lowest BCUT2D eigenvalue weighted by Gasteiger charge is -2.23. The van der Waals surface area contributed by atoms with Gasteiger partial charge in [-0.3, -0.25) is 9.69 Å². The number of nitrogens with zero attached hydrogens (tertiary/aromatic N) is 1. The molecule has 3 unspecified atom stereocenters. The third-order valence-corrected chi connectivity index (χ3v) is 3.87. The van der Waals surface area contributed by atoms with Gasteiger partial charge in [0.25, 0.3) is 0 Å². The highest BCUT2D eigenvalue weighted by Gasteiger charge is 2.37. The molecule has 0 saturated carbocycles. The minimum absolute atomic E-state index is 0.296. The molecule has 0 bridgehead atoms. The van der Waals surface area contributed by atoms with Gasteiger partial charge in [-0.25, -0.2) is 4.79 Å². The molecule has 0 aromatic heterocycles. The van der Waals surface area contributed by atoms with Crippen molar-refractivity contribution in [1.82, 2.24) is 15.5 Å². The smallest absolute Gasteiger partial charge is 0.327 e. The zero-order valence-corrected chi connectivity index (χ0v) is 10.7. The van der Waals surface area contributed by atoms with Crippen molar-refractivity contribution in [2.24, 2.45) is 0 Å². The van der Waals surface area contributed by atoms with Crippen LogP contribution in [0, 0.1) is 0 Å². The van der Waals surface area contributed by atoms with Crippen molar-refractivity contribution in [3.63, 3.8) is 0 Å². The fourth-order valence-electron chi connectivity index (χ4n) is 3.04. The van der Waals surface area contributed by atoms with Crippen LogP contribution in [0.15, 0.2) is 0 Å². The van der Waals surface area contributed by atoms with Crippen molar-refractivity contribution in [1.29, 1.82) is 0 Å². The number of hydrogen-bond donors (Lipinski definition) is 3. The third kappa shape index (κ3) is 3.00. The Morgan fingerprint density at radius 2 is 2.17 bits per heavy atom. The van der Waals surface area contributed by atoms with Crippen molar-refractivity contribution < 1.29 is 14.7 Å². The van der Waals surface area contributed by atoms with Gasteiger partial charge >= 0.3 is 5.97 Å². The lowest BCUT2D eigenvalue weighted by molar-refractivity contribution is -0.141. The fourth-order valence-corrected chi connectivity index (χ4v) is 3.04. The molecule has 0 aromatic rings. The van der Waals surface area contributed by atoms with E-state index >= 15 is 0 Å². The molecule has 0 spiro atoms. The number of carboxylic acids is 1. The maximum absolute atomic E-state index is 11.0. The summed E-state index contributed by atoms with van der Waals surface area (Å²) in [6.07, 6.45) is 3.49. The molecule has 2 aliphatic heterocycles. The molecule has 2 fully saturated rings. The Kier molecular flexibility index (Phi) is 4.19. The van der Waals surface area contributed by atoms with Crippen LogP contribution >= 0.6 is 0 Å². The van der Waals surface area contributed by atoms with Crippen LogP contribution < -0.4 is 10.6 Å². The van der Waals surface area contributed by atoms with Gasteiger partial charge in [0.1, 0.15) is 6.04 Å². The number of fused-ring (bicyclic) bond motifs is 1. The second-order valence-corrected chi connectivity index (χ2v) is 5.14. The summed E-state index contributed by atoms with van der Waals surface area (Å²) in [7, 11) is 0. The molecule has 2 heterocycles. The third-order valence-electron chi connectivity index (χ3n) is 3.87. The van der Waals surface area contributed by atoms with E-state index in [1.54, 1.807) is 0 Å². The summed E-state index contributed by atoms with van der Waals surface area (Å²) in [4.78, 5) is 24.4. The molecule has 0 aliphatic carbocycles. The van der Waals surface area contributed by atoms with Gasteiger partial charge in [-0.1, -0.05) is 0 Å². The lowest BCUT2D eigenvalue weighted by atomic mass is 10.1. The van der Waals surface area contributed by atoms with Crippen LogP contribution in [-0.2, 0) is 9.59 Å². The van der Waals surface area contributed by atoms with E-state index in [-0.39, 0.29) is 5.91 Å². The number of amides is 1. The van der Waals surface area contributed by atoms with Gasteiger partial charge < -0.3 is 15.7 Å². The number of carbonyl (C=O) groups excluding carboxylic acids is 1. The first-order valence-corrected chi connectivity index (χ1v) is 6.55. The van der Waals surface area contributed by atoms with Crippen molar-refractivity contribution in [3.05, 3.63) is 0 Å². The van der Waals surface area contributed by atoms with Gasteiger partial charge in [0.05, 0.1) is 0 Å². The summed E-state index contributed by atoms with van der Waals surface area (Å²) in [6.45, 7) is 3.89. The first-order valence-electron chi connectivity index (χ1n) is 6.55. The van der Waals surface area contributed by atoms with Crippen LogP contribution in [0.3, 0.4) is 0 Å². The highest BCUT2D eigenvalue weighted by Crippen LogP contribution is 2.27. The van der Waals surface area contributed by atoms with E-state index in [0.717, 1.165) is 19.5 Å². The quantitative estimate of drug-likeness (QED) is 0.611. The van der Waals surface area contributed by atoms with Crippen LogP contribution in [0.4, 0.5) is 0 Å². The molecule has 0 radical (unpaired) electrons. The van der Waals surface area contributed by atoms with E-state index in [4.69, 9.17) is 5.11 Å².